The average molecular weight is 485 g/mol. The van der Waals surface area contributed by atoms with E-state index >= 15 is 0 Å². The van der Waals surface area contributed by atoms with Gasteiger partial charge in [0, 0.05) is 40.6 Å². The largest absolute Gasteiger partial charge is 0.481 e. The van der Waals surface area contributed by atoms with Crippen LogP contribution in [0.25, 0.3) is 10.9 Å². The molecule has 0 radical (unpaired) electrons. The Hall–Kier alpha value is -2.60. The number of hydrogen-bond donors (Lipinski definition) is 1. The molecule has 5 nitrogen and oxygen atoms in total. The monoisotopic (exact) mass is 484 g/mol. The first-order valence-corrected chi connectivity index (χ1v) is 11.5. The normalized spacial score (nSPS) is 11.3. The van der Waals surface area contributed by atoms with E-state index in [1.54, 1.807) is 4.90 Å². The van der Waals surface area contributed by atoms with Crippen LogP contribution < -0.4 is 0 Å². The highest BCUT2D eigenvalue weighted by Gasteiger charge is 2.27. The summed E-state index contributed by atoms with van der Waals surface area (Å²) >= 11 is 3.50. The van der Waals surface area contributed by atoms with E-state index in [9.17, 15) is 14.7 Å². The first-order valence-electron chi connectivity index (χ1n) is 10.7. The Morgan fingerprint density at radius 2 is 1.71 bits per heavy atom. The van der Waals surface area contributed by atoms with E-state index in [0.29, 0.717) is 36.8 Å². The van der Waals surface area contributed by atoms with E-state index in [-0.39, 0.29) is 12.3 Å². The van der Waals surface area contributed by atoms with Crippen LogP contribution in [0.1, 0.15) is 60.8 Å². The Morgan fingerprint density at radius 1 is 1.06 bits per heavy atom. The molecule has 0 aliphatic carbocycles. The molecule has 0 fully saturated rings. The predicted octanol–water partition coefficient (Wildman–Crippen LogP) is 5.68. The van der Waals surface area contributed by atoms with Gasteiger partial charge in [-0.15, -0.1) is 0 Å². The number of aromatic nitrogens is 1. The number of carboxylic acids is 1. The molecule has 0 spiro atoms. The van der Waals surface area contributed by atoms with E-state index in [1.807, 2.05) is 36.6 Å². The molecule has 1 aromatic heterocycles. The summed E-state index contributed by atoms with van der Waals surface area (Å²) in [6.45, 7) is 9.82. The van der Waals surface area contributed by atoms with Crippen molar-refractivity contribution in [2.24, 2.45) is 0 Å². The summed E-state index contributed by atoms with van der Waals surface area (Å²) in [7, 11) is 0. The first kappa shape index (κ1) is 23.1. The first-order chi connectivity index (χ1) is 14.8. The van der Waals surface area contributed by atoms with Gasteiger partial charge in [-0.2, -0.15) is 0 Å². The van der Waals surface area contributed by atoms with Crippen molar-refractivity contribution in [1.82, 2.24) is 9.47 Å². The Kier molecular flexibility index (Phi) is 7.21. The van der Waals surface area contributed by atoms with Crippen molar-refractivity contribution in [3.05, 3.63) is 69.3 Å². The van der Waals surface area contributed by atoms with Crippen molar-refractivity contribution in [2.45, 2.75) is 46.6 Å². The van der Waals surface area contributed by atoms with Crippen LogP contribution in [0, 0.1) is 0 Å². The summed E-state index contributed by atoms with van der Waals surface area (Å²) in [5.41, 5.74) is 4.23. The number of fused-ring (bicyclic) bond motifs is 1. The van der Waals surface area contributed by atoms with Crippen LogP contribution in [-0.4, -0.2) is 39.5 Å². The van der Waals surface area contributed by atoms with Gasteiger partial charge in [0.15, 0.2) is 0 Å². The summed E-state index contributed by atoms with van der Waals surface area (Å²) < 4.78 is 2.83. The maximum atomic E-state index is 13.5. The standard InChI is InChI=1S/C25H29BrN2O3/c1-5-27(6-2)25(31)24-21(14-23(29)30)20-13-19(26)11-12-22(20)28(24)15-17-7-9-18(10-8-17)16(3)4/h7-13,16H,5-6,14-15H2,1-4H3,(H,29,30). The van der Waals surface area contributed by atoms with Crippen molar-refractivity contribution in [3.63, 3.8) is 0 Å². The van der Waals surface area contributed by atoms with Crippen LogP contribution in [0.4, 0.5) is 0 Å². The molecule has 1 N–H and O–H groups in total. The van der Waals surface area contributed by atoms with Crippen molar-refractivity contribution >= 4 is 38.7 Å². The molecule has 3 rings (SSSR count). The molecule has 6 heteroatoms. The molecule has 0 atom stereocenters. The zero-order chi connectivity index (χ0) is 22.7. The lowest BCUT2D eigenvalue weighted by Gasteiger charge is -2.21. The summed E-state index contributed by atoms with van der Waals surface area (Å²) in [6, 6.07) is 14.2. The minimum Gasteiger partial charge on any atom is -0.481 e. The number of amides is 1. The molecule has 0 saturated carbocycles. The lowest BCUT2D eigenvalue weighted by atomic mass is 10.0. The highest BCUT2D eigenvalue weighted by Crippen LogP contribution is 2.31. The number of benzene rings is 2. The second-order valence-electron chi connectivity index (χ2n) is 8.02. The third-order valence-electron chi connectivity index (χ3n) is 5.70. The zero-order valence-corrected chi connectivity index (χ0v) is 20.1. The van der Waals surface area contributed by atoms with Crippen LogP contribution >= 0.6 is 15.9 Å². The Labute approximate surface area is 191 Å². The quantitative estimate of drug-likeness (QED) is 0.446. The van der Waals surface area contributed by atoms with Gasteiger partial charge in [-0.3, -0.25) is 9.59 Å². The second-order valence-corrected chi connectivity index (χ2v) is 8.93. The van der Waals surface area contributed by atoms with Gasteiger partial charge in [-0.05, 0) is 49.1 Å². The van der Waals surface area contributed by atoms with Gasteiger partial charge >= 0.3 is 5.97 Å². The maximum absolute atomic E-state index is 13.5. The van der Waals surface area contributed by atoms with Crippen LogP contribution in [0.5, 0.6) is 0 Å². The third kappa shape index (κ3) is 4.85. The number of carbonyl (C=O) groups excluding carboxylic acids is 1. The van der Waals surface area contributed by atoms with E-state index < -0.39 is 5.97 Å². The average Bonchev–Trinajstić information content (AvgIpc) is 3.01. The predicted molar refractivity (Wildman–Crippen MR) is 128 cm³/mol. The van der Waals surface area contributed by atoms with Gasteiger partial charge in [0.25, 0.3) is 5.91 Å². The highest BCUT2D eigenvalue weighted by atomic mass is 79.9. The fourth-order valence-corrected chi connectivity index (χ4v) is 4.35. The molecule has 0 unspecified atom stereocenters. The van der Waals surface area contributed by atoms with Crippen LogP contribution in [0.3, 0.4) is 0 Å². The second kappa shape index (κ2) is 9.69. The zero-order valence-electron chi connectivity index (χ0n) is 18.5. The minimum atomic E-state index is -0.950. The molecule has 2 aromatic carbocycles. The highest BCUT2D eigenvalue weighted by molar-refractivity contribution is 9.10. The number of halogens is 1. The van der Waals surface area contributed by atoms with Gasteiger partial charge < -0.3 is 14.6 Å². The maximum Gasteiger partial charge on any atom is 0.307 e. The number of carboxylic acid groups (broad SMARTS) is 1. The van der Waals surface area contributed by atoms with E-state index in [4.69, 9.17) is 0 Å². The van der Waals surface area contributed by atoms with E-state index in [1.165, 1.54) is 5.56 Å². The van der Waals surface area contributed by atoms with Crippen LogP contribution in [0.15, 0.2) is 46.9 Å². The molecule has 3 aromatic rings. The van der Waals surface area contributed by atoms with Crippen molar-refractivity contribution in [2.75, 3.05) is 13.1 Å². The summed E-state index contributed by atoms with van der Waals surface area (Å²) in [6.07, 6.45) is -0.200. The van der Waals surface area contributed by atoms with E-state index in [2.05, 4.69) is 54.0 Å². The Bertz CT molecular complexity index is 1100. The van der Waals surface area contributed by atoms with Gasteiger partial charge in [0.2, 0.25) is 0 Å². The van der Waals surface area contributed by atoms with E-state index in [0.717, 1.165) is 20.9 Å². The molecule has 0 aliphatic rings. The molecular weight excluding hydrogens is 456 g/mol. The number of rotatable bonds is 8. The Morgan fingerprint density at radius 3 is 2.26 bits per heavy atom. The molecule has 31 heavy (non-hydrogen) atoms. The summed E-state index contributed by atoms with van der Waals surface area (Å²) in [5.74, 6) is -0.637. The molecule has 0 bridgehead atoms. The van der Waals surface area contributed by atoms with Crippen molar-refractivity contribution in [3.8, 4) is 0 Å². The molecule has 164 valence electrons. The summed E-state index contributed by atoms with van der Waals surface area (Å²) in [4.78, 5) is 27.0. The fraction of sp³-hybridized carbons (Fsp3) is 0.360. The fourth-order valence-electron chi connectivity index (χ4n) is 3.99. The van der Waals surface area contributed by atoms with Crippen LogP contribution in [0.2, 0.25) is 0 Å². The number of nitrogens with zero attached hydrogens (tertiary/aromatic N) is 2. The third-order valence-corrected chi connectivity index (χ3v) is 6.19. The molecule has 1 heterocycles. The van der Waals surface area contributed by atoms with Gasteiger partial charge in [-0.25, -0.2) is 0 Å². The smallest absolute Gasteiger partial charge is 0.307 e. The SMILES string of the molecule is CCN(CC)C(=O)c1c(CC(=O)O)c2cc(Br)ccc2n1Cc1ccc(C(C)C)cc1. The summed E-state index contributed by atoms with van der Waals surface area (Å²) in [5, 5.41) is 10.4. The lowest BCUT2D eigenvalue weighted by Crippen LogP contribution is -2.33. The molecular formula is C25H29BrN2O3. The molecule has 0 aliphatic heterocycles. The lowest BCUT2D eigenvalue weighted by molar-refractivity contribution is -0.136. The molecule has 0 saturated heterocycles. The van der Waals surface area contributed by atoms with Crippen LogP contribution in [-0.2, 0) is 17.8 Å². The van der Waals surface area contributed by atoms with Gasteiger partial charge in [0.05, 0.1) is 6.42 Å². The van der Waals surface area contributed by atoms with Crippen molar-refractivity contribution < 1.29 is 14.7 Å². The van der Waals surface area contributed by atoms with Gasteiger partial charge in [-0.1, -0.05) is 54.0 Å². The number of aliphatic carboxylic acids is 1. The Balaban J connectivity index is 2.23. The topological polar surface area (TPSA) is 62.5 Å². The molecule has 1 amide bonds. The number of hydrogen-bond acceptors (Lipinski definition) is 2. The minimum absolute atomic E-state index is 0.132. The van der Waals surface area contributed by atoms with Gasteiger partial charge in [0.1, 0.15) is 5.69 Å². The van der Waals surface area contributed by atoms with Crippen molar-refractivity contribution in [1.29, 1.82) is 0 Å². The number of carbonyl (C=O) groups is 2.